The third-order valence-electron chi connectivity index (χ3n) is 3.51. The van der Waals surface area contributed by atoms with Gasteiger partial charge in [0.15, 0.2) is 0 Å². The van der Waals surface area contributed by atoms with E-state index in [0.717, 1.165) is 10.3 Å². The molecule has 0 spiro atoms. The molecule has 0 aromatic heterocycles. The highest BCUT2D eigenvalue weighted by molar-refractivity contribution is 14.1. The van der Waals surface area contributed by atoms with Gasteiger partial charge in [-0.05, 0) is 32.1 Å². The summed E-state index contributed by atoms with van der Waals surface area (Å²) in [5, 5.41) is 0. The van der Waals surface area contributed by atoms with E-state index in [1.165, 1.54) is 44.9 Å². The molecule has 0 aliphatic heterocycles. The maximum absolute atomic E-state index is 6.41. The van der Waals surface area contributed by atoms with Crippen molar-refractivity contribution in [1.82, 2.24) is 0 Å². The summed E-state index contributed by atoms with van der Waals surface area (Å²) in [6.07, 6.45) is 9.69. The van der Waals surface area contributed by atoms with Gasteiger partial charge < -0.3 is 4.74 Å². The minimum atomic E-state index is 0.200. The van der Waals surface area contributed by atoms with Crippen LogP contribution < -0.4 is 0 Å². The first-order chi connectivity index (χ1) is 7.58. The van der Waals surface area contributed by atoms with Gasteiger partial charge in [-0.3, -0.25) is 0 Å². The molecular weight excluding hydrogens is 311 g/mol. The molecule has 0 N–H and O–H groups in total. The first-order valence-electron chi connectivity index (χ1n) is 6.82. The Morgan fingerprint density at radius 3 is 2.06 bits per heavy atom. The van der Waals surface area contributed by atoms with Crippen LogP contribution in [0, 0.1) is 5.92 Å². The number of alkyl halides is 1. The zero-order chi connectivity index (χ0) is 12.0. The Bertz CT molecular complexity index is 183. The Morgan fingerprint density at radius 2 is 1.62 bits per heavy atom. The number of rotatable bonds is 5. The number of hydrogen-bond donors (Lipinski definition) is 0. The highest BCUT2D eigenvalue weighted by Crippen LogP contribution is 2.34. The lowest BCUT2D eigenvalue weighted by Gasteiger charge is -2.35. The lowest BCUT2D eigenvalue weighted by molar-refractivity contribution is -0.0847. The van der Waals surface area contributed by atoms with E-state index in [4.69, 9.17) is 4.74 Å². The van der Waals surface area contributed by atoms with Gasteiger partial charge in [-0.2, -0.15) is 0 Å². The van der Waals surface area contributed by atoms with Crippen LogP contribution in [-0.4, -0.2) is 16.1 Å². The molecule has 0 bridgehead atoms. The minimum Gasteiger partial charge on any atom is -0.371 e. The number of hydrogen-bond acceptors (Lipinski definition) is 1. The van der Waals surface area contributed by atoms with E-state index in [2.05, 4.69) is 43.4 Å². The zero-order valence-electron chi connectivity index (χ0n) is 11.1. The topological polar surface area (TPSA) is 9.23 Å². The fourth-order valence-corrected chi connectivity index (χ4v) is 3.74. The standard InChI is InChI=1S/C14H27IO/c1-12(2)10-13(3)16-14(11-15)8-6-4-5-7-9-14/h12-13H,4-11H2,1-3H3. The molecule has 0 aromatic carbocycles. The Hall–Kier alpha value is 0.690. The van der Waals surface area contributed by atoms with Gasteiger partial charge in [-0.1, -0.05) is 62.1 Å². The lowest BCUT2D eigenvalue weighted by Crippen LogP contribution is -2.37. The normalized spacial score (nSPS) is 23.1. The molecule has 1 atom stereocenters. The Kier molecular flexibility index (Phi) is 6.63. The van der Waals surface area contributed by atoms with Gasteiger partial charge in [0.1, 0.15) is 0 Å². The van der Waals surface area contributed by atoms with Crippen molar-refractivity contribution in [1.29, 1.82) is 0 Å². The smallest absolute Gasteiger partial charge is 0.0775 e. The van der Waals surface area contributed by atoms with E-state index < -0.39 is 0 Å². The van der Waals surface area contributed by atoms with E-state index >= 15 is 0 Å². The van der Waals surface area contributed by atoms with Crippen LogP contribution in [0.3, 0.4) is 0 Å². The number of halogens is 1. The monoisotopic (exact) mass is 338 g/mol. The molecule has 1 aliphatic rings. The molecule has 0 heterocycles. The lowest BCUT2D eigenvalue weighted by atomic mass is 9.95. The maximum atomic E-state index is 6.41. The van der Waals surface area contributed by atoms with Crippen molar-refractivity contribution in [3.63, 3.8) is 0 Å². The molecule has 16 heavy (non-hydrogen) atoms. The third kappa shape index (κ3) is 4.91. The van der Waals surface area contributed by atoms with E-state index in [-0.39, 0.29) is 5.60 Å². The second-order valence-electron chi connectivity index (χ2n) is 5.79. The van der Waals surface area contributed by atoms with Gasteiger partial charge in [0.25, 0.3) is 0 Å². The van der Waals surface area contributed by atoms with Crippen LogP contribution >= 0.6 is 22.6 Å². The van der Waals surface area contributed by atoms with E-state index in [9.17, 15) is 0 Å². The van der Waals surface area contributed by atoms with E-state index in [1.807, 2.05) is 0 Å². The minimum absolute atomic E-state index is 0.200. The highest BCUT2D eigenvalue weighted by atomic mass is 127. The molecule has 1 nitrogen and oxygen atoms in total. The second kappa shape index (κ2) is 7.20. The van der Waals surface area contributed by atoms with Gasteiger partial charge >= 0.3 is 0 Å². The van der Waals surface area contributed by atoms with Crippen molar-refractivity contribution in [2.45, 2.75) is 77.4 Å². The summed E-state index contributed by atoms with van der Waals surface area (Å²) in [5.74, 6) is 0.743. The van der Waals surface area contributed by atoms with Gasteiger partial charge in [0.2, 0.25) is 0 Å². The molecule has 0 saturated heterocycles. The molecular formula is C14H27IO. The highest BCUT2D eigenvalue weighted by Gasteiger charge is 2.32. The fourth-order valence-electron chi connectivity index (χ4n) is 2.79. The average Bonchev–Trinajstić information content (AvgIpc) is 2.43. The Labute approximate surface area is 115 Å². The van der Waals surface area contributed by atoms with Crippen LogP contribution in [0.15, 0.2) is 0 Å². The quantitative estimate of drug-likeness (QED) is 0.391. The summed E-state index contributed by atoms with van der Waals surface area (Å²) in [5.41, 5.74) is 0.200. The molecule has 2 heteroatoms. The summed E-state index contributed by atoms with van der Waals surface area (Å²) in [6, 6.07) is 0. The zero-order valence-corrected chi connectivity index (χ0v) is 13.3. The number of ether oxygens (including phenoxy) is 1. The molecule has 0 amide bonds. The first kappa shape index (κ1) is 14.7. The van der Waals surface area contributed by atoms with Crippen LogP contribution in [-0.2, 0) is 4.74 Å². The predicted molar refractivity (Wildman–Crippen MR) is 79.3 cm³/mol. The molecule has 96 valence electrons. The maximum Gasteiger partial charge on any atom is 0.0775 e. The van der Waals surface area contributed by atoms with Gasteiger partial charge in [-0.25, -0.2) is 0 Å². The van der Waals surface area contributed by atoms with Crippen molar-refractivity contribution in [3.05, 3.63) is 0 Å². The van der Waals surface area contributed by atoms with Crippen molar-refractivity contribution in [2.24, 2.45) is 5.92 Å². The van der Waals surface area contributed by atoms with Crippen LogP contribution in [0.25, 0.3) is 0 Å². The summed E-state index contributed by atoms with van der Waals surface area (Å²) in [4.78, 5) is 0. The molecule has 1 saturated carbocycles. The predicted octanol–water partition coefficient (Wildman–Crippen LogP) is 4.97. The Balaban J connectivity index is 2.50. The molecule has 1 rings (SSSR count). The van der Waals surface area contributed by atoms with Gasteiger partial charge in [0.05, 0.1) is 11.7 Å². The average molecular weight is 338 g/mol. The first-order valence-corrected chi connectivity index (χ1v) is 8.34. The summed E-state index contributed by atoms with van der Waals surface area (Å²) >= 11 is 2.52. The summed E-state index contributed by atoms with van der Waals surface area (Å²) in [6.45, 7) is 6.81. The van der Waals surface area contributed by atoms with Crippen molar-refractivity contribution < 1.29 is 4.74 Å². The van der Waals surface area contributed by atoms with E-state index in [0.29, 0.717) is 6.10 Å². The SMILES string of the molecule is CC(C)CC(C)OC1(CI)CCCCCC1. The fraction of sp³-hybridized carbons (Fsp3) is 1.00. The second-order valence-corrected chi connectivity index (χ2v) is 6.55. The van der Waals surface area contributed by atoms with Crippen LogP contribution in [0.4, 0.5) is 0 Å². The van der Waals surface area contributed by atoms with Gasteiger partial charge in [0, 0.05) is 4.43 Å². The molecule has 1 fully saturated rings. The molecule has 0 aromatic rings. The molecule has 1 unspecified atom stereocenters. The van der Waals surface area contributed by atoms with Crippen LogP contribution in [0.2, 0.25) is 0 Å². The largest absolute Gasteiger partial charge is 0.371 e. The molecule has 0 radical (unpaired) electrons. The Morgan fingerprint density at radius 1 is 1.06 bits per heavy atom. The van der Waals surface area contributed by atoms with Crippen LogP contribution in [0.1, 0.15) is 65.7 Å². The third-order valence-corrected chi connectivity index (χ3v) is 4.90. The summed E-state index contributed by atoms with van der Waals surface area (Å²) in [7, 11) is 0. The van der Waals surface area contributed by atoms with Crippen molar-refractivity contribution >= 4 is 22.6 Å². The van der Waals surface area contributed by atoms with Crippen molar-refractivity contribution in [3.8, 4) is 0 Å². The van der Waals surface area contributed by atoms with Crippen molar-refractivity contribution in [2.75, 3.05) is 4.43 Å². The molecule has 1 aliphatic carbocycles. The summed E-state index contributed by atoms with van der Waals surface area (Å²) < 4.78 is 7.57. The van der Waals surface area contributed by atoms with Crippen LogP contribution in [0.5, 0.6) is 0 Å². The van der Waals surface area contributed by atoms with Gasteiger partial charge in [-0.15, -0.1) is 0 Å². The van der Waals surface area contributed by atoms with E-state index in [1.54, 1.807) is 0 Å².